The van der Waals surface area contributed by atoms with Crippen LogP contribution in [0.3, 0.4) is 0 Å². The van der Waals surface area contributed by atoms with Crippen molar-refractivity contribution in [1.29, 1.82) is 0 Å². The van der Waals surface area contributed by atoms with E-state index >= 15 is 0 Å². The van der Waals surface area contributed by atoms with Gasteiger partial charge < -0.3 is 4.74 Å². The molecule has 0 aromatic heterocycles. The summed E-state index contributed by atoms with van der Waals surface area (Å²) in [4.78, 5) is 11.3. The number of carbonyl (C=O) groups excluding carboxylic acids is 1. The summed E-state index contributed by atoms with van der Waals surface area (Å²) in [6.07, 6.45) is 1.80. The maximum absolute atomic E-state index is 11.3. The topological polar surface area (TPSA) is 26.3 Å². The van der Waals surface area contributed by atoms with Crippen LogP contribution in [0.5, 0.6) is 0 Å². The minimum Gasteiger partial charge on any atom is -0.461 e. The Balaban J connectivity index is 2.18. The number of ether oxygens (including phenoxy) is 1. The van der Waals surface area contributed by atoms with Gasteiger partial charge in [-0.2, -0.15) is 0 Å². The Kier molecular flexibility index (Phi) is 3.55. The van der Waals surface area contributed by atoms with Crippen molar-refractivity contribution in [2.45, 2.75) is 13.0 Å². The van der Waals surface area contributed by atoms with E-state index in [1.54, 1.807) is 6.08 Å². The monoisotopic (exact) mass is 226 g/mol. The predicted molar refractivity (Wildman–Crippen MR) is 68.6 cm³/mol. The molecule has 0 saturated heterocycles. The molecule has 86 valence electrons. The molecule has 0 spiro atoms. The maximum Gasteiger partial charge on any atom is 0.309 e. The van der Waals surface area contributed by atoms with Gasteiger partial charge in [0.05, 0.1) is 6.42 Å². The van der Waals surface area contributed by atoms with Gasteiger partial charge in [-0.05, 0) is 16.3 Å². The fourth-order valence-corrected chi connectivity index (χ4v) is 1.75. The third kappa shape index (κ3) is 2.72. The van der Waals surface area contributed by atoms with Gasteiger partial charge in [0.25, 0.3) is 0 Å². The van der Waals surface area contributed by atoms with Crippen LogP contribution in [0.25, 0.3) is 10.8 Å². The molecule has 2 aromatic rings. The number of fused-ring (bicyclic) bond motifs is 1. The smallest absolute Gasteiger partial charge is 0.309 e. The van der Waals surface area contributed by atoms with Crippen LogP contribution in [0.4, 0.5) is 0 Å². The average molecular weight is 226 g/mol. The molecule has 0 amide bonds. The highest BCUT2D eigenvalue weighted by Crippen LogP contribution is 2.19. The first-order valence-electron chi connectivity index (χ1n) is 5.54. The van der Waals surface area contributed by atoms with Gasteiger partial charge in [-0.25, -0.2) is 0 Å². The molecule has 0 heterocycles. The van der Waals surface area contributed by atoms with Crippen LogP contribution in [0.1, 0.15) is 12.0 Å². The summed E-state index contributed by atoms with van der Waals surface area (Å²) >= 11 is 0. The van der Waals surface area contributed by atoms with Crippen LogP contribution in [-0.2, 0) is 16.1 Å². The zero-order chi connectivity index (χ0) is 12.1. The van der Waals surface area contributed by atoms with E-state index in [1.165, 1.54) is 0 Å². The van der Waals surface area contributed by atoms with Crippen molar-refractivity contribution in [3.05, 3.63) is 60.7 Å². The van der Waals surface area contributed by atoms with Crippen LogP contribution in [0.15, 0.2) is 55.1 Å². The molecule has 0 aliphatic rings. The SMILES string of the molecule is C=CCC(=O)OCc1cccc2ccccc12. The summed E-state index contributed by atoms with van der Waals surface area (Å²) in [5.41, 5.74) is 1.03. The molecule has 17 heavy (non-hydrogen) atoms. The Labute approximate surface area is 101 Å². The van der Waals surface area contributed by atoms with E-state index in [2.05, 4.69) is 6.58 Å². The molecule has 2 rings (SSSR count). The predicted octanol–water partition coefficient (Wildman–Crippen LogP) is 3.46. The van der Waals surface area contributed by atoms with Gasteiger partial charge in [-0.3, -0.25) is 4.79 Å². The van der Waals surface area contributed by atoms with E-state index in [0.717, 1.165) is 16.3 Å². The largest absolute Gasteiger partial charge is 0.461 e. The lowest BCUT2D eigenvalue weighted by Gasteiger charge is -2.07. The molecule has 0 atom stereocenters. The first kappa shape index (κ1) is 11.4. The van der Waals surface area contributed by atoms with Crippen molar-refractivity contribution in [1.82, 2.24) is 0 Å². The molecule has 0 fully saturated rings. The molecule has 2 heteroatoms. The van der Waals surface area contributed by atoms with Crippen LogP contribution in [-0.4, -0.2) is 5.97 Å². The van der Waals surface area contributed by atoms with Crippen molar-refractivity contribution >= 4 is 16.7 Å². The second kappa shape index (κ2) is 5.30. The van der Waals surface area contributed by atoms with Gasteiger partial charge in [-0.1, -0.05) is 48.5 Å². The lowest BCUT2D eigenvalue weighted by molar-refractivity contribution is -0.143. The Morgan fingerprint density at radius 1 is 1.18 bits per heavy atom. The Hall–Kier alpha value is -2.09. The lowest BCUT2D eigenvalue weighted by Crippen LogP contribution is -2.03. The normalized spacial score (nSPS) is 10.1. The van der Waals surface area contributed by atoms with Gasteiger partial charge in [-0.15, -0.1) is 6.58 Å². The van der Waals surface area contributed by atoms with E-state index in [1.807, 2.05) is 42.5 Å². The zero-order valence-corrected chi connectivity index (χ0v) is 9.56. The fraction of sp³-hybridized carbons (Fsp3) is 0.133. The molecule has 0 aliphatic heterocycles. The second-order valence-electron chi connectivity index (χ2n) is 3.79. The fourth-order valence-electron chi connectivity index (χ4n) is 1.75. The summed E-state index contributed by atoms with van der Waals surface area (Å²) in [6.45, 7) is 3.82. The highest BCUT2D eigenvalue weighted by atomic mass is 16.5. The maximum atomic E-state index is 11.3. The van der Waals surface area contributed by atoms with E-state index in [9.17, 15) is 4.79 Å². The molecular weight excluding hydrogens is 212 g/mol. The number of hydrogen-bond donors (Lipinski definition) is 0. The summed E-state index contributed by atoms with van der Waals surface area (Å²) in [5, 5.41) is 2.28. The minimum atomic E-state index is -0.243. The number of esters is 1. The van der Waals surface area contributed by atoms with E-state index in [4.69, 9.17) is 4.74 Å². The molecule has 0 N–H and O–H groups in total. The van der Waals surface area contributed by atoms with Crippen molar-refractivity contribution in [2.24, 2.45) is 0 Å². The molecule has 2 aromatic carbocycles. The van der Waals surface area contributed by atoms with E-state index < -0.39 is 0 Å². The molecule has 0 saturated carbocycles. The molecule has 0 aliphatic carbocycles. The van der Waals surface area contributed by atoms with Crippen molar-refractivity contribution in [3.8, 4) is 0 Å². The number of rotatable bonds is 4. The van der Waals surface area contributed by atoms with Crippen LogP contribution < -0.4 is 0 Å². The summed E-state index contributed by atoms with van der Waals surface area (Å²) in [5.74, 6) is -0.243. The van der Waals surface area contributed by atoms with Gasteiger partial charge in [0.1, 0.15) is 6.61 Å². The Morgan fingerprint density at radius 3 is 2.76 bits per heavy atom. The second-order valence-corrected chi connectivity index (χ2v) is 3.79. The zero-order valence-electron chi connectivity index (χ0n) is 9.56. The first-order valence-corrected chi connectivity index (χ1v) is 5.54. The molecule has 2 nitrogen and oxygen atoms in total. The number of carbonyl (C=O) groups is 1. The van der Waals surface area contributed by atoms with Crippen molar-refractivity contribution in [2.75, 3.05) is 0 Å². The molecule has 0 radical (unpaired) electrons. The van der Waals surface area contributed by atoms with Gasteiger partial charge in [0.2, 0.25) is 0 Å². The highest BCUT2D eigenvalue weighted by Gasteiger charge is 2.03. The van der Waals surface area contributed by atoms with Gasteiger partial charge >= 0.3 is 5.97 Å². The van der Waals surface area contributed by atoms with Crippen LogP contribution in [0, 0.1) is 0 Å². The van der Waals surface area contributed by atoms with Crippen molar-refractivity contribution < 1.29 is 9.53 Å². The number of benzene rings is 2. The summed E-state index contributed by atoms with van der Waals surface area (Å²) in [7, 11) is 0. The standard InChI is InChI=1S/C15H14O2/c1-2-6-15(16)17-11-13-9-5-8-12-7-3-4-10-14(12)13/h2-5,7-10H,1,6,11H2. The van der Waals surface area contributed by atoms with E-state index in [-0.39, 0.29) is 12.4 Å². The minimum absolute atomic E-state index is 0.243. The molecular formula is C15H14O2. The highest BCUT2D eigenvalue weighted by molar-refractivity contribution is 5.85. The van der Waals surface area contributed by atoms with Gasteiger partial charge in [0, 0.05) is 0 Å². The van der Waals surface area contributed by atoms with Gasteiger partial charge in [0.15, 0.2) is 0 Å². The average Bonchev–Trinajstić information content (AvgIpc) is 2.36. The quantitative estimate of drug-likeness (QED) is 0.589. The van der Waals surface area contributed by atoms with Crippen LogP contribution in [0.2, 0.25) is 0 Å². The van der Waals surface area contributed by atoms with Crippen LogP contribution >= 0.6 is 0 Å². The molecule has 0 bridgehead atoms. The van der Waals surface area contributed by atoms with E-state index in [0.29, 0.717) is 6.61 Å². The molecule has 0 unspecified atom stereocenters. The summed E-state index contributed by atoms with van der Waals surface area (Å²) in [6, 6.07) is 14.1. The third-order valence-corrected chi connectivity index (χ3v) is 2.58. The Bertz CT molecular complexity index is 538. The summed E-state index contributed by atoms with van der Waals surface area (Å²) < 4.78 is 5.17. The number of hydrogen-bond acceptors (Lipinski definition) is 2. The lowest BCUT2D eigenvalue weighted by atomic mass is 10.1. The third-order valence-electron chi connectivity index (χ3n) is 2.58. The Morgan fingerprint density at radius 2 is 1.94 bits per heavy atom. The van der Waals surface area contributed by atoms with Crippen molar-refractivity contribution in [3.63, 3.8) is 0 Å². The first-order chi connectivity index (χ1) is 8.31.